The zero-order chi connectivity index (χ0) is 32.5. The van der Waals surface area contributed by atoms with E-state index in [9.17, 15) is 19.7 Å². The average Bonchev–Trinajstić information content (AvgIpc) is 3.28. The topological polar surface area (TPSA) is 99.5 Å². The molecule has 3 aliphatic heterocycles. The number of ether oxygens (including phenoxy) is 1. The standard InChI is InChI=1S/C37H47BN2O6/c1-23(16-27-17-24(2)35(41)25(3)18-27)10-11-32-33-28(22-45-4)19-30-34(31(33)20-38(44)46-32)37(43)40(36(30)42)29-12-14-39(15-13-29)21-26-8-6-5-7-9-26/h5-9,16-18,29-32,34,41,44H,10-15,19-22H2,1-4H3/b23-16+/t30-,31+,32-,34-/m1/s1. The van der Waals surface area contributed by atoms with Crippen molar-refractivity contribution in [1.29, 1.82) is 0 Å². The molecule has 2 aromatic rings. The maximum Gasteiger partial charge on any atom is 0.455 e. The molecule has 9 heteroatoms. The van der Waals surface area contributed by atoms with Crippen LogP contribution in [0, 0.1) is 31.6 Å². The maximum atomic E-state index is 14.2. The van der Waals surface area contributed by atoms with Crippen molar-refractivity contribution in [3.05, 3.63) is 81.4 Å². The highest BCUT2D eigenvalue weighted by Crippen LogP contribution is 2.51. The fraction of sp³-hybridized carbons (Fsp3) is 0.514. The van der Waals surface area contributed by atoms with Crippen molar-refractivity contribution in [2.24, 2.45) is 17.8 Å². The van der Waals surface area contributed by atoms with Gasteiger partial charge >= 0.3 is 7.12 Å². The molecule has 0 bridgehead atoms. The third kappa shape index (κ3) is 6.61. The average molecular weight is 627 g/mol. The van der Waals surface area contributed by atoms with E-state index in [4.69, 9.17) is 9.39 Å². The highest BCUT2D eigenvalue weighted by molar-refractivity contribution is 6.43. The van der Waals surface area contributed by atoms with E-state index in [1.807, 2.05) is 32.0 Å². The van der Waals surface area contributed by atoms with E-state index < -0.39 is 19.0 Å². The van der Waals surface area contributed by atoms with Crippen molar-refractivity contribution in [2.75, 3.05) is 26.8 Å². The molecule has 0 spiro atoms. The first-order valence-electron chi connectivity index (χ1n) is 16.8. The summed E-state index contributed by atoms with van der Waals surface area (Å²) < 4.78 is 11.8. The summed E-state index contributed by atoms with van der Waals surface area (Å²) in [6.07, 6.45) is 5.52. The lowest BCUT2D eigenvalue weighted by Gasteiger charge is -2.43. The Balaban J connectivity index is 1.17. The monoisotopic (exact) mass is 626 g/mol. The van der Waals surface area contributed by atoms with Crippen LogP contribution in [-0.4, -0.2) is 77.8 Å². The lowest BCUT2D eigenvalue weighted by molar-refractivity contribution is -0.144. The molecule has 0 radical (unpaired) electrons. The molecule has 0 aromatic heterocycles. The Morgan fingerprint density at radius 2 is 1.76 bits per heavy atom. The van der Waals surface area contributed by atoms with Crippen LogP contribution in [0.5, 0.6) is 5.75 Å². The molecule has 3 fully saturated rings. The van der Waals surface area contributed by atoms with Crippen LogP contribution in [0.25, 0.3) is 6.08 Å². The number of likely N-dealkylation sites (tertiary alicyclic amines) is 2. The number of rotatable bonds is 9. The van der Waals surface area contributed by atoms with Crippen LogP contribution in [0.15, 0.2) is 59.2 Å². The van der Waals surface area contributed by atoms with Gasteiger partial charge in [0, 0.05) is 32.8 Å². The summed E-state index contributed by atoms with van der Waals surface area (Å²) in [7, 11) is 0.666. The molecule has 0 unspecified atom stereocenters. The van der Waals surface area contributed by atoms with Crippen LogP contribution in [0.1, 0.15) is 61.3 Å². The first-order chi connectivity index (χ1) is 22.1. The van der Waals surface area contributed by atoms with E-state index in [1.165, 1.54) is 5.56 Å². The van der Waals surface area contributed by atoms with Crippen molar-refractivity contribution in [3.63, 3.8) is 0 Å². The fourth-order valence-electron chi connectivity index (χ4n) is 8.42. The Bertz CT molecular complexity index is 1490. The van der Waals surface area contributed by atoms with E-state index in [-0.39, 0.29) is 29.9 Å². The van der Waals surface area contributed by atoms with Crippen molar-refractivity contribution < 1.29 is 29.1 Å². The number of amides is 2. The van der Waals surface area contributed by atoms with Gasteiger partial charge in [-0.3, -0.25) is 19.4 Å². The Morgan fingerprint density at radius 1 is 1.07 bits per heavy atom. The molecule has 8 nitrogen and oxygen atoms in total. The Hall–Kier alpha value is -3.24. The van der Waals surface area contributed by atoms with E-state index in [2.05, 4.69) is 42.2 Å². The van der Waals surface area contributed by atoms with E-state index >= 15 is 0 Å². The zero-order valence-electron chi connectivity index (χ0n) is 27.6. The Kier molecular flexibility index (Phi) is 9.85. The van der Waals surface area contributed by atoms with Crippen molar-refractivity contribution >= 4 is 25.0 Å². The van der Waals surface area contributed by atoms with Crippen LogP contribution in [0.2, 0.25) is 6.32 Å². The number of allylic oxidation sites excluding steroid dienone is 1. The molecule has 2 aromatic carbocycles. The van der Waals surface area contributed by atoms with Gasteiger partial charge in [-0.1, -0.05) is 42.0 Å². The van der Waals surface area contributed by atoms with E-state index in [1.54, 1.807) is 12.0 Å². The number of benzene rings is 2. The molecule has 46 heavy (non-hydrogen) atoms. The molecule has 2 amide bonds. The molecular weight excluding hydrogens is 579 g/mol. The summed E-state index contributed by atoms with van der Waals surface area (Å²) in [4.78, 5) is 32.2. The normalized spacial score (nSPS) is 26.2. The van der Waals surface area contributed by atoms with Gasteiger partial charge in [0.25, 0.3) is 0 Å². The number of hydrogen-bond donors (Lipinski definition) is 2. The Morgan fingerprint density at radius 3 is 2.43 bits per heavy atom. The van der Waals surface area contributed by atoms with Gasteiger partial charge in [-0.25, -0.2) is 0 Å². The third-order valence-electron chi connectivity index (χ3n) is 10.6. The molecule has 6 rings (SSSR count). The van der Waals surface area contributed by atoms with Crippen LogP contribution >= 0.6 is 0 Å². The van der Waals surface area contributed by atoms with Crippen molar-refractivity contribution in [2.45, 2.75) is 77.9 Å². The maximum absolute atomic E-state index is 14.2. The molecule has 244 valence electrons. The van der Waals surface area contributed by atoms with Gasteiger partial charge in [0.1, 0.15) is 5.75 Å². The number of fused-ring (bicyclic) bond motifs is 3. The van der Waals surface area contributed by atoms with Crippen molar-refractivity contribution in [1.82, 2.24) is 9.80 Å². The second-order valence-electron chi connectivity index (χ2n) is 13.8. The summed E-state index contributed by atoms with van der Waals surface area (Å²) in [6.45, 7) is 8.83. The summed E-state index contributed by atoms with van der Waals surface area (Å²) in [5, 5.41) is 21.1. The minimum Gasteiger partial charge on any atom is -0.507 e. The SMILES string of the molecule is COCC1=C2[C@@H](CC/C(C)=C/c3cc(C)c(O)c(C)c3)OB(O)C[C@@H]2[C@@H]2C(=O)N(C3CCN(Cc4ccccc4)CC3)C(=O)[C@@H]2C1. The predicted molar refractivity (Wildman–Crippen MR) is 179 cm³/mol. The number of phenolic OH excluding ortho intramolecular Hbond substituents is 1. The number of phenols is 1. The summed E-state index contributed by atoms with van der Waals surface area (Å²) >= 11 is 0. The number of nitrogens with zero attached hydrogens (tertiary/aromatic N) is 2. The number of carbonyl (C=O) groups excluding carboxylic acids is 2. The lowest BCUT2D eigenvalue weighted by Crippen LogP contribution is -2.48. The number of imide groups is 1. The first-order valence-corrected chi connectivity index (χ1v) is 16.8. The van der Waals surface area contributed by atoms with Gasteiger partial charge in [0.15, 0.2) is 0 Å². The van der Waals surface area contributed by atoms with Gasteiger partial charge < -0.3 is 19.5 Å². The van der Waals surface area contributed by atoms with Gasteiger partial charge in [-0.05, 0) is 111 Å². The summed E-state index contributed by atoms with van der Waals surface area (Å²) in [6, 6.07) is 14.3. The minimum atomic E-state index is -0.994. The largest absolute Gasteiger partial charge is 0.507 e. The molecule has 0 saturated carbocycles. The molecule has 2 N–H and O–H groups in total. The molecule has 4 atom stereocenters. The molecule has 3 saturated heterocycles. The van der Waals surface area contributed by atoms with Crippen LogP contribution in [0.3, 0.4) is 0 Å². The minimum absolute atomic E-state index is 0.0556. The number of methoxy groups -OCH3 is 1. The number of aryl methyl sites for hydroxylation is 2. The van der Waals surface area contributed by atoms with Crippen LogP contribution < -0.4 is 0 Å². The van der Waals surface area contributed by atoms with Crippen molar-refractivity contribution in [3.8, 4) is 5.75 Å². The van der Waals surface area contributed by atoms with E-state index in [0.29, 0.717) is 31.5 Å². The van der Waals surface area contributed by atoms with Crippen LogP contribution in [-0.2, 0) is 25.5 Å². The van der Waals surface area contributed by atoms with Gasteiger partial charge in [-0.15, -0.1) is 0 Å². The molecule has 4 aliphatic rings. The van der Waals surface area contributed by atoms with E-state index in [0.717, 1.165) is 72.3 Å². The van der Waals surface area contributed by atoms with Crippen LogP contribution in [0.4, 0.5) is 0 Å². The highest BCUT2D eigenvalue weighted by atomic mass is 16.5. The first kappa shape index (κ1) is 32.7. The molecular formula is C37H47BN2O6. The number of piperidine rings is 1. The van der Waals surface area contributed by atoms with Gasteiger partial charge in [-0.2, -0.15) is 0 Å². The fourth-order valence-corrected chi connectivity index (χ4v) is 8.42. The van der Waals surface area contributed by atoms with Gasteiger partial charge in [0.05, 0.1) is 24.5 Å². The molecule has 3 heterocycles. The Labute approximate surface area is 273 Å². The lowest BCUT2D eigenvalue weighted by atomic mass is 9.58. The highest BCUT2D eigenvalue weighted by Gasteiger charge is 2.58. The molecule has 1 aliphatic carbocycles. The quantitative estimate of drug-likeness (QED) is 0.222. The second-order valence-corrected chi connectivity index (χ2v) is 13.8. The third-order valence-corrected chi connectivity index (χ3v) is 10.6. The number of aromatic hydroxyl groups is 1. The number of hydrogen-bond acceptors (Lipinski definition) is 7. The smallest absolute Gasteiger partial charge is 0.455 e. The summed E-state index contributed by atoms with van der Waals surface area (Å²) in [5.41, 5.74) is 7.24. The van der Waals surface area contributed by atoms with Gasteiger partial charge in [0.2, 0.25) is 11.8 Å². The second kappa shape index (κ2) is 13.9. The summed E-state index contributed by atoms with van der Waals surface area (Å²) in [5.74, 6) is -0.930. The number of carbonyl (C=O) groups is 2. The zero-order valence-corrected chi connectivity index (χ0v) is 27.6. The predicted octanol–water partition coefficient (Wildman–Crippen LogP) is 5.30.